The summed E-state index contributed by atoms with van der Waals surface area (Å²) in [6, 6.07) is 3.35. The van der Waals surface area contributed by atoms with Crippen molar-refractivity contribution in [2.75, 3.05) is 0 Å². The number of H-pyrrole nitrogens is 1. The van der Waals surface area contributed by atoms with Gasteiger partial charge in [0, 0.05) is 10.9 Å². The minimum Gasteiger partial charge on any atom is -0.459 e. The van der Waals surface area contributed by atoms with Crippen LogP contribution in [0.5, 0.6) is 6.01 Å². The molecule has 22 heavy (non-hydrogen) atoms. The van der Waals surface area contributed by atoms with E-state index in [9.17, 15) is 9.59 Å². The maximum atomic E-state index is 12.2. The van der Waals surface area contributed by atoms with Crippen molar-refractivity contribution in [3.8, 4) is 6.01 Å². The summed E-state index contributed by atoms with van der Waals surface area (Å²) >= 11 is 1.57. The normalized spacial score (nSPS) is 11.0. The molecule has 0 fully saturated rings. The van der Waals surface area contributed by atoms with Crippen molar-refractivity contribution in [2.45, 2.75) is 20.0 Å². The molecule has 0 aliphatic carbocycles. The lowest BCUT2D eigenvalue weighted by molar-refractivity contribution is 0.283. The first-order valence-corrected chi connectivity index (χ1v) is 7.68. The fourth-order valence-corrected chi connectivity index (χ4v) is 2.97. The number of aryl methyl sites for hydroxylation is 1. The van der Waals surface area contributed by atoms with Gasteiger partial charge in [-0.2, -0.15) is 4.98 Å². The Kier molecular flexibility index (Phi) is 3.85. The van der Waals surface area contributed by atoms with Gasteiger partial charge < -0.3 is 9.15 Å². The van der Waals surface area contributed by atoms with E-state index in [1.54, 1.807) is 11.3 Å². The van der Waals surface area contributed by atoms with E-state index in [2.05, 4.69) is 9.97 Å². The molecule has 3 heterocycles. The van der Waals surface area contributed by atoms with Crippen LogP contribution >= 0.6 is 11.3 Å². The van der Waals surface area contributed by atoms with Crippen LogP contribution in [-0.2, 0) is 13.0 Å². The summed E-state index contributed by atoms with van der Waals surface area (Å²) in [6.07, 6.45) is 0.543. The topological polar surface area (TPSA) is 85.2 Å². The Morgan fingerprint density at radius 2 is 2.23 bits per heavy atom. The Bertz CT molecular complexity index is 944. The highest BCUT2D eigenvalue weighted by Gasteiger charge is 2.12. The molecule has 0 amide bonds. The van der Waals surface area contributed by atoms with Gasteiger partial charge in [0.15, 0.2) is 0 Å². The number of thiophene rings is 1. The van der Waals surface area contributed by atoms with Gasteiger partial charge in [0.2, 0.25) is 5.71 Å². The first-order valence-electron chi connectivity index (χ1n) is 6.80. The van der Waals surface area contributed by atoms with Crippen molar-refractivity contribution in [2.24, 2.45) is 0 Å². The Labute approximate surface area is 130 Å². The van der Waals surface area contributed by atoms with Crippen molar-refractivity contribution in [1.29, 1.82) is 0 Å². The van der Waals surface area contributed by atoms with E-state index < -0.39 is 5.63 Å². The molecule has 0 aromatic carbocycles. The van der Waals surface area contributed by atoms with Gasteiger partial charge in [0.05, 0.1) is 0 Å². The molecule has 6 nitrogen and oxygen atoms in total. The third-order valence-electron chi connectivity index (χ3n) is 3.19. The standard InChI is InChI=1S/C14H13BN2O4S/c1-2-7-3-10(18)21-13-11(7)12(19)16-14(17-13)20-5-9-4-8(15)6-22-9/h3-4,6H,2,5,15H2,1H3,(H,16,17,19). The van der Waals surface area contributed by atoms with Crippen molar-refractivity contribution in [3.63, 3.8) is 0 Å². The number of rotatable bonds is 4. The fraction of sp³-hybridized carbons (Fsp3) is 0.214. The maximum absolute atomic E-state index is 12.2. The van der Waals surface area contributed by atoms with Crippen LogP contribution in [0, 0.1) is 0 Å². The third-order valence-corrected chi connectivity index (χ3v) is 4.22. The Morgan fingerprint density at radius 1 is 1.41 bits per heavy atom. The van der Waals surface area contributed by atoms with Gasteiger partial charge in [0.1, 0.15) is 19.8 Å². The molecule has 3 aromatic heterocycles. The van der Waals surface area contributed by atoms with Gasteiger partial charge in [-0.1, -0.05) is 18.5 Å². The summed E-state index contributed by atoms with van der Waals surface area (Å²) < 4.78 is 10.5. The second kappa shape index (κ2) is 5.80. The van der Waals surface area contributed by atoms with E-state index in [1.807, 2.05) is 26.2 Å². The minimum atomic E-state index is -0.526. The van der Waals surface area contributed by atoms with E-state index in [4.69, 9.17) is 9.15 Å². The lowest BCUT2D eigenvalue weighted by Crippen LogP contribution is -2.15. The average molecular weight is 316 g/mol. The molecule has 1 N–H and O–H groups in total. The molecule has 3 aromatic rings. The molecular weight excluding hydrogens is 303 g/mol. The SMILES string of the molecule is Bc1csc(COc2nc3oc(=O)cc(CC)c3c(=O)[nH]2)c1. The summed E-state index contributed by atoms with van der Waals surface area (Å²) in [5, 5.41) is 2.31. The molecule has 0 atom stereocenters. The molecular formula is C14H13BN2O4S. The van der Waals surface area contributed by atoms with Crippen LogP contribution < -0.4 is 21.4 Å². The van der Waals surface area contributed by atoms with E-state index in [-0.39, 0.29) is 17.3 Å². The van der Waals surface area contributed by atoms with Crippen LogP contribution in [0.1, 0.15) is 17.4 Å². The van der Waals surface area contributed by atoms with Crippen LogP contribution in [0.25, 0.3) is 11.1 Å². The van der Waals surface area contributed by atoms with E-state index in [1.165, 1.54) is 6.07 Å². The quantitative estimate of drug-likeness (QED) is 0.702. The number of hydrogen-bond donors (Lipinski definition) is 1. The van der Waals surface area contributed by atoms with E-state index >= 15 is 0 Å². The van der Waals surface area contributed by atoms with Gasteiger partial charge in [-0.15, -0.1) is 11.3 Å². The average Bonchev–Trinajstić information content (AvgIpc) is 2.89. The number of aromatic nitrogens is 2. The largest absolute Gasteiger partial charge is 0.459 e. The molecule has 0 bridgehead atoms. The van der Waals surface area contributed by atoms with Crippen molar-refractivity contribution in [1.82, 2.24) is 9.97 Å². The monoisotopic (exact) mass is 316 g/mol. The summed E-state index contributed by atoms with van der Waals surface area (Å²) in [7, 11) is 2.00. The smallest absolute Gasteiger partial charge is 0.337 e. The Balaban J connectivity index is 1.98. The van der Waals surface area contributed by atoms with Crippen LogP contribution in [-0.4, -0.2) is 17.8 Å². The molecule has 0 saturated heterocycles. The first-order chi connectivity index (χ1) is 10.6. The van der Waals surface area contributed by atoms with Gasteiger partial charge in [-0.3, -0.25) is 9.78 Å². The molecule has 8 heteroatoms. The lowest BCUT2D eigenvalue weighted by atomic mass is 10.0. The van der Waals surface area contributed by atoms with Crippen molar-refractivity contribution >= 4 is 35.7 Å². The zero-order valence-corrected chi connectivity index (χ0v) is 13.0. The second-order valence-corrected chi connectivity index (χ2v) is 5.87. The molecule has 0 spiro atoms. The molecule has 0 radical (unpaired) electrons. The van der Waals surface area contributed by atoms with E-state index in [0.29, 0.717) is 24.0 Å². The van der Waals surface area contributed by atoms with Crippen LogP contribution in [0.15, 0.2) is 31.5 Å². The number of nitrogens with one attached hydrogen (secondary N) is 1. The molecule has 0 aliphatic rings. The fourth-order valence-electron chi connectivity index (χ4n) is 2.18. The second-order valence-electron chi connectivity index (χ2n) is 4.87. The molecule has 0 unspecified atom stereocenters. The number of ether oxygens (including phenoxy) is 1. The van der Waals surface area contributed by atoms with Gasteiger partial charge in [-0.25, -0.2) is 4.79 Å². The first kappa shape index (κ1) is 14.6. The van der Waals surface area contributed by atoms with Gasteiger partial charge in [-0.05, 0) is 17.4 Å². The lowest BCUT2D eigenvalue weighted by Gasteiger charge is -2.05. The van der Waals surface area contributed by atoms with Crippen molar-refractivity contribution < 1.29 is 9.15 Å². The highest BCUT2D eigenvalue weighted by molar-refractivity contribution is 7.10. The van der Waals surface area contributed by atoms with Crippen LogP contribution in [0.4, 0.5) is 0 Å². The van der Waals surface area contributed by atoms with Gasteiger partial charge >= 0.3 is 5.63 Å². The van der Waals surface area contributed by atoms with Crippen LogP contribution in [0.3, 0.4) is 0 Å². The summed E-state index contributed by atoms with van der Waals surface area (Å²) in [5.41, 5.74) is 0.873. The highest BCUT2D eigenvalue weighted by atomic mass is 32.1. The van der Waals surface area contributed by atoms with Crippen LogP contribution in [0.2, 0.25) is 0 Å². The molecule has 112 valence electrons. The number of fused-ring (bicyclic) bond motifs is 1. The maximum Gasteiger partial charge on any atom is 0.337 e. The predicted molar refractivity (Wildman–Crippen MR) is 87.1 cm³/mol. The predicted octanol–water partition coefficient (Wildman–Crippen LogP) is 0.338. The minimum absolute atomic E-state index is 0.00506. The number of nitrogens with zero attached hydrogens (tertiary/aromatic N) is 1. The molecule has 0 aliphatic heterocycles. The zero-order valence-electron chi connectivity index (χ0n) is 12.1. The summed E-state index contributed by atoms with van der Waals surface area (Å²) in [4.78, 5) is 31.4. The van der Waals surface area contributed by atoms with Gasteiger partial charge in [0.25, 0.3) is 11.6 Å². The number of hydrogen-bond acceptors (Lipinski definition) is 6. The summed E-state index contributed by atoms with van der Waals surface area (Å²) in [5.74, 6) is 0. The Morgan fingerprint density at radius 3 is 2.91 bits per heavy atom. The summed E-state index contributed by atoms with van der Waals surface area (Å²) in [6.45, 7) is 2.15. The van der Waals surface area contributed by atoms with Crippen molar-refractivity contribution in [3.05, 3.63) is 48.7 Å². The molecule has 0 saturated carbocycles. The molecule has 3 rings (SSSR count). The highest BCUT2D eigenvalue weighted by Crippen LogP contribution is 2.15. The third kappa shape index (κ3) is 2.82. The number of aromatic amines is 1. The Hall–Kier alpha value is -2.35. The van der Waals surface area contributed by atoms with E-state index in [0.717, 1.165) is 10.3 Å². The zero-order chi connectivity index (χ0) is 15.7.